The van der Waals surface area contributed by atoms with Crippen molar-refractivity contribution >= 4 is 12.1 Å². The van der Waals surface area contributed by atoms with Gasteiger partial charge < -0.3 is 19.9 Å². The maximum Gasteiger partial charge on any atom is 0.408 e. The highest BCUT2D eigenvalue weighted by molar-refractivity contribution is 5.80. The summed E-state index contributed by atoms with van der Waals surface area (Å²) in [5.74, 6) is -1.15. The number of nitrogens with one attached hydrogen (secondary N) is 1. The second-order valence-corrected chi connectivity index (χ2v) is 4.64. The number of hydrogen-bond acceptors (Lipinski definition) is 4. The predicted octanol–water partition coefficient (Wildman–Crippen LogP) is 1.39. The second-order valence-electron chi connectivity index (χ2n) is 4.64. The standard InChI is InChI=1S/C11H21NO5/c1-6-7(16-5)8(9(13)14)12-10(15)17-11(2,3)4/h7-8H,6H2,1-5H3,(H,12,15)(H,13,14). The van der Waals surface area contributed by atoms with E-state index in [0.717, 1.165) is 0 Å². The van der Waals surface area contributed by atoms with Crippen LogP contribution in [0.15, 0.2) is 0 Å². The molecule has 100 valence electrons. The molecule has 1 amide bonds. The molecule has 0 aromatic rings. The lowest BCUT2D eigenvalue weighted by Gasteiger charge is -2.25. The molecule has 0 aromatic carbocycles. The molecule has 0 aromatic heterocycles. The quantitative estimate of drug-likeness (QED) is 0.766. The van der Waals surface area contributed by atoms with Crippen LogP contribution in [0.1, 0.15) is 34.1 Å². The third-order valence-corrected chi connectivity index (χ3v) is 2.02. The van der Waals surface area contributed by atoms with E-state index in [1.165, 1.54) is 7.11 Å². The van der Waals surface area contributed by atoms with Crippen molar-refractivity contribution in [2.75, 3.05) is 7.11 Å². The van der Waals surface area contributed by atoms with Gasteiger partial charge in [0.15, 0.2) is 6.04 Å². The van der Waals surface area contributed by atoms with Crippen LogP contribution in [0.4, 0.5) is 4.79 Å². The molecule has 0 aliphatic rings. The number of methoxy groups -OCH3 is 1. The van der Waals surface area contributed by atoms with Gasteiger partial charge in [-0.15, -0.1) is 0 Å². The van der Waals surface area contributed by atoms with Gasteiger partial charge >= 0.3 is 12.1 Å². The second kappa shape index (κ2) is 6.44. The smallest absolute Gasteiger partial charge is 0.408 e. The Morgan fingerprint density at radius 2 is 1.88 bits per heavy atom. The number of carboxylic acids is 1. The summed E-state index contributed by atoms with van der Waals surface area (Å²) in [5, 5.41) is 11.3. The van der Waals surface area contributed by atoms with Crippen LogP contribution in [-0.4, -0.2) is 42.0 Å². The number of carbonyl (C=O) groups excluding carboxylic acids is 1. The predicted molar refractivity (Wildman–Crippen MR) is 61.9 cm³/mol. The molecule has 2 N–H and O–H groups in total. The van der Waals surface area contributed by atoms with Gasteiger partial charge in [-0.3, -0.25) is 0 Å². The molecule has 17 heavy (non-hydrogen) atoms. The van der Waals surface area contributed by atoms with E-state index in [1.807, 2.05) is 0 Å². The molecule has 0 saturated carbocycles. The van der Waals surface area contributed by atoms with E-state index in [0.29, 0.717) is 6.42 Å². The fraction of sp³-hybridized carbons (Fsp3) is 0.818. The van der Waals surface area contributed by atoms with Gasteiger partial charge in [0, 0.05) is 7.11 Å². The van der Waals surface area contributed by atoms with Crippen molar-refractivity contribution in [1.29, 1.82) is 0 Å². The molecule has 0 heterocycles. The first-order valence-corrected chi connectivity index (χ1v) is 5.46. The van der Waals surface area contributed by atoms with E-state index in [2.05, 4.69) is 5.32 Å². The molecular weight excluding hydrogens is 226 g/mol. The van der Waals surface area contributed by atoms with Crippen molar-refractivity contribution in [3.8, 4) is 0 Å². The highest BCUT2D eigenvalue weighted by Crippen LogP contribution is 2.09. The summed E-state index contributed by atoms with van der Waals surface area (Å²) in [4.78, 5) is 22.5. The Hall–Kier alpha value is -1.30. The zero-order valence-electron chi connectivity index (χ0n) is 10.9. The molecule has 2 unspecified atom stereocenters. The lowest BCUT2D eigenvalue weighted by molar-refractivity contribution is -0.143. The number of carboxylic acid groups (broad SMARTS) is 1. The van der Waals surface area contributed by atoms with Crippen molar-refractivity contribution in [3.05, 3.63) is 0 Å². The number of ether oxygens (including phenoxy) is 2. The molecule has 2 atom stereocenters. The number of hydrogen-bond donors (Lipinski definition) is 2. The average molecular weight is 247 g/mol. The van der Waals surface area contributed by atoms with E-state index in [-0.39, 0.29) is 0 Å². The molecule has 6 nitrogen and oxygen atoms in total. The SMILES string of the molecule is CCC(OC)C(NC(=O)OC(C)(C)C)C(=O)O. The number of carbonyl (C=O) groups is 2. The maximum absolute atomic E-state index is 11.5. The van der Waals surface area contributed by atoms with Gasteiger partial charge in [0.1, 0.15) is 5.60 Å². The van der Waals surface area contributed by atoms with Crippen LogP contribution >= 0.6 is 0 Å². The van der Waals surface area contributed by atoms with Gasteiger partial charge in [0.05, 0.1) is 6.10 Å². The molecule has 0 rings (SSSR count). The van der Waals surface area contributed by atoms with Crippen LogP contribution in [0, 0.1) is 0 Å². The molecular formula is C11H21NO5. The molecule has 0 saturated heterocycles. The van der Waals surface area contributed by atoms with E-state index < -0.39 is 29.8 Å². The first-order chi connectivity index (χ1) is 7.71. The van der Waals surface area contributed by atoms with Crippen molar-refractivity contribution in [3.63, 3.8) is 0 Å². The fourth-order valence-corrected chi connectivity index (χ4v) is 1.29. The Morgan fingerprint density at radius 1 is 1.35 bits per heavy atom. The van der Waals surface area contributed by atoms with Crippen molar-refractivity contribution in [1.82, 2.24) is 5.32 Å². The van der Waals surface area contributed by atoms with Crippen LogP contribution in [0.2, 0.25) is 0 Å². The number of amides is 1. The molecule has 6 heteroatoms. The Morgan fingerprint density at radius 3 is 2.18 bits per heavy atom. The normalized spacial score (nSPS) is 14.9. The summed E-state index contributed by atoms with van der Waals surface area (Å²) >= 11 is 0. The van der Waals surface area contributed by atoms with Crippen molar-refractivity contribution in [2.24, 2.45) is 0 Å². The van der Waals surface area contributed by atoms with Crippen LogP contribution in [0.3, 0.4) is 0 Å². The highest BCUT2D eigenvalue weighted by Gasteiger charge is 2.30. The van der Waals surface area contributed by atoms with E-state index >= 15 is 0 Å². The summed E-state index contributed by atoms with van der Waals surface area (Å²) in [6, 6.07) is -1.11. The highest BCUT2D eigenvalue weighted by atomic mass is 16.6. The minimum atomic E-state index is -1.15. The largest absolute Gasteiger partial charge is 0.480 e. The minimum absolute atomic E-state index is 0.475. The molecule has 0 bridgehead atoms. The third kappa shape index (κ3) is 6.11. The van der Waals surface area contributed by atoms with Crippen LogP contribution in [0.5, 0.6) is 0 Å². The Bertz CT molecular complexity index is 268. The topological polar surface area (TPSA) is 84.9 Å². The van der Waals surface area contributed by atoms with Gasteiger partial charge in [-0.25, -0.2) is 9.59 Å². The maximum atomic E-state index is 11.5. The number of rotatable bonds is 5. The van der Waals surface area contributed by atoms with Gasteiger partial charge in [-0.1, -0.05) is 6.92 Å². The lowest BCUT2D eigenvalue weighted by atomic mass is 10.1. The summed E-state index contributed by atoms with van der Waals surface area (Å²) in [7, 11) is 1.40. The van der Waals surface area contributed by atoms with Gasteiger partial charge in [-0.05, 0) is 27.2 Å². The fourth-order valence-electron chi connectivity index (χ4n) is 1.29. The molecule has 0 aliphatic heterocycles. The molecule has 0 spiro atoms. The monoisotopic (exact) mass is 247 g/mol. The zero-order valence-corrected chi connectivity index (χ0v) is 10.9. The lowest BCUT2D eigenvalue weighted by Crippen LogP contribution is -2.50. The molecule has 0 radical (unpaired) electrons. The molecule has 0 fully saturated rings. The minimum Gasteiger partial charge on any atom is -0.480 e. The van der Waals surface area contributed by atoms with Gasteiger partial charge in [0.2, 0.25) is 0 Å². The molecule has 0 aliphatic carbocycles. The summed E-state index contributed by atoms with van der Waals surface area (Å²) in [6.07, 6.45) is -0.871. The Kier molecular flexibility index (Phi) is 5.95. The summed E-state index contributed by atoms with van der Waals surface area (Å²) < 4.78 is 9.99. The Balaban J connectivity index is 4.56. The van der Waals surface area contributed by atoms with E-state index in [4.69, 9.17) is 14.6 Å². The van der Waals surface area contributed by atoms with Gasteiger partial charge in [-0.2, -0.15) is 0 Å². The summed E-state index contributed by atoms with van der Waals surface area (Å²) in [5.41, 5.74) is -0.665. The van der Waals surface area contributed by atoms with Crippen LogP contribution in [-0.2, 0) is 14.3 Å². The van der Waals surface area contributed by atoms with Crippen LogP contribution < -0.4 is 5.32 Å². The first kappa shape index (κ1) is 15.7. The third-order valence-electron chi connectivity index (χ3n) is 2.02. The van der Waals surface area contributed by atoms with Crippen LogP contribution in [0.25, 0.3) is 0 Å². The van der Waals surface area contributed by atoms with E-state index in [9.17, 15) is 9.59 Å². The van der Waals surface area contributed by atoms with Crippen molar-refractivity contribution < 1.29 is 24.2 Å². The van der Waals surface area contributed by atoms with E-state index in [1.54, 1.807) is 27.7 Å². The first-order valence-electron chi connectivity index (χ1n) is 5.46. The number of aliphatic carboxylic acids is 1. The summed E-state index contributed by atoms with van der Waals surface area (Å²) in [6.45, 7) is 6.89. The van der Waals surface area contributed by atoms with Gasteiger partial charge in [0.25, 0.3) is 0 Å². The zero-order chi connectivity index (χ0) is 13.6. The Labute approximate surface area is 101 Å². The van der Waals surface area contributed by atoms with Crippen molar-refractivity contribution in [2.45, 2.75) is 51.9 Å². The number of alkyl carbamates (subject to hydrolysis) is 1. The average Bonchev–Trinajstić information content (AvgIpc) is 2.14.